The number of hydrogen-bond donors (Lipinski definition) is 4. The minimum atomic E-state index is -4.89. The van der Waals surface area contributed by atoms with Gasteiger partial charge in [-0.05, 0) is 37.0 Å². The molecule has 6 N–H and O–H groups in total. The molecule has 1 aromatic heterocycles. The van der Waals surface area contributed by atoms with Crippen LogP contribution in [0.2, 0.25) is 0 Å². The number of halogens is 3. The van der Waals surface area contributed by atoms with Crippen molar-refractivity contribution in [3.05, 3.63) is 28.8 Å². The van der Waals surface area contributed by atoms with Gasteiger partial charge in [-0.25, -0.2) is 0 Å². The van der Waals surface area contributed by atoms with E-state index in [4.69, 9.17) is 20.0 Å². The number of primary amides is 1. The number of phenolic OH excluding ortho intramolecular Hbond substituents is 1. The third-order valence-corrected chi connectivity index (χ3v) is 4.83. The first-order chi connectivity index (χ1) is 16.1. The Bertz CT molecular complexity index is 975. The maximum atomic E-state index is 12.7. The second-order valence-corrected chi connectivity index (χ2v) is 7.38. The summed E-state index contributed by atoms with van der Waals surface area (Å²) in [4.78, 5) is 8.58. The van der Waals surface area contributed by atoms with Crippen molar-refractivity contribution in [2.75, 3.05) is 25.6 Å². The van der Waals surface area contributed by atoms with Crippen molar-refractivity contribution in [2.24, 2.45) is 11.5 Å². The molecule has 10 nitrogen and oxygen atoms in total. The molecule has 34 heavy (non-hydrogen) atoms. The van der Waals surface area contributed by atoms with Gasteiger partial charge in [0.25, 0.3) is 0 Å². The average Bonchev–Trinajstić information content (AvgIpc) is 2.83. The monoisotopic (exact) mass is 487 g/mol. The zero-order valence-electron chi connectivity index (χ0n) is 18.8. The molecule has 0 spiro atoms. The summed E-state index contributed by atoms with van der Waals surface area (Å²) in [5, 5.41) is 22.4. The number of aromatic nitrogens is 2. The number of methoxy groups -OCH3 is 1. The van der Waals surface area contributed by atoms with Gasteiger partial charge < -0.3 is 36.1 Å². The van der Waals surface area contributed by atoms with Crippen LogP contribution in [0, 0.1) is 0 Å². The van der Waals surface area contributed by atoms with E-state index in [-0.39, 0.29) is 31.2 Å². The Morgan fingerprint density at radius 1 is 1.35 bits per heavy atom. The summed E-state index contributed by atoms with van der Waals surface area (Å²) in [6.07, 6.45) is -3.44. The highest BCUT2D eigenvalue weighted by atomic mass is 19.4. The Kier molecular flexibility index (Phi) is 9.83. The minimum absolute atomic E-state index is 0.0110. The summed E-state index contributed by atoms with van der Waals surface area (Å²) >= 11 is 0. The predicted molar refractivity (Wildman–Crippen MR) is 117 cm³/mol. The summed E-state index contributed by atoms with van der Waals surface area (Å²) < 4.78 is 53.0. The lowest BCUT2D eigenvalue weighted by Gasteiger charge is -2.21. The lowest BCUT2D eigenvalue weighted by molar-refractivity contribution is -0.274. The summed E-state index contributed by atoms with van der Waals surface area (Å²) in [5.74, 6) is -0.428. The number of phenols is 1. The molecule has 0 saturated heterocycles. The highest BCUT2D eigenvalue weighted by molar-refractivity contribution is 5.76. The number of carbonyl (C=O) groups excluding carboxylic acids is 1. The minimum Gasteiger partial charge on any atom is -0.507 e. The molecular formula is C21H28F3N5O5. The van der Waals surface area contributed by atoms with Gasteiger partial charge in [0.15, 0.2) is 5.82 Å². The molecule has 1 atom stereocenters. The van der Waals surface area contributed by atoms with Crippen LogP contribution in [0.1, 0.15) is 30.0 Å². The van der Waals surface area contributed by atoms with Crippen LogP contribution in [-0.4, -0.2) is 54.4 Å². The number of nitrogens with zero attached hydrogens (tertiary/aromatic N) is 2. The van der Waals surface area contributed by atoms with E-state index in [1.54, 1.807) is 7.11 Å². The van der Waals surface area contributed by atoms with E-state index < -0.39 is 17.9 Å². The number of nitrogens with one attached hydrogen (secondary N) is 1. The Morgan fingerprint density at radius 3 is 2.68 bits per heavy atom. The molecule has 1 aliphatic heterocycles. The maximum absolute atomic E-state index is 12.7. The fourth-order valence-corrected chi connectivity index (χ4v) is 3.45. The zero-order valence-corrected chi connectivity index (χ0v) is 18.8. The van der Waals surface area contributed by atoms with Crippen LogP contribution in [0.25, 0.3) is 11.3 Å². The number of hydrogen-bond acceptors (Lipinski definition) is 9. The number of benzene rings is 1. The van der Waals surface area contributed by atoms with Crippen molar-refractivity contribution in [1.29, 1.82) is 0 Å². The molecule has 13 heteroatoms. The molecule has 188 valence electrons. The van der Waals surface area contributed by atoms with E-state index in [0.29, 0.717) is 43.1 Å². The highest BCUT2D eigenvalue weighted by Gasteiger charge is 2.32. The summed E-state index contributed by atoms with van der Waals surface area (Å²) in [6, 6.07) is 2.04. The standard InChI is InChI=1S/C20H25F3N4O4.CH3NO/c1-11(8-24)25-19-15(10-29-2)14-4-3-5-30-9-12-6-13(31-20(21,22)23)7-16(28)17(12)18(14)26-27-19;2-1-3/h6-7,11,28H,3-5,8-10,24H2,1-2H3,(H,25,27);1H,(H2,2,3)/t11-;/m1./s1. The highest BCUT2D eigenvalue weighted by Crippen LogP contribution is 2.41. The molecule has 0 bridgehead atoms. The normalized spacial score (nSPS) is 14.2. The van der Waals surface area contributed by atoms with Crippen LogP contribution >= 0.6 is 0 Å². The molecule has 3 rings (SSSR count). The molecule has 1 aliphatic rings. The van der Waals surface area contributed by atoms with Gasteiger partial charge in [-0.1, -0.05) is 0 Å². The van der Waals surface area contributed by atoms with E-state index >= 15 is 0 Å². The first-order valence-electron chi connectivity index (χ1n) is 10.3. The van der Waals surface area contributed by atoms with E-state index in [2.05, 4.69) is 26.0 Å². The third kappa shape index (κ3) is 7.17. The van der Waals surface area contributed by atoms with Crippen molar-refractivity contribution < 1.29 is 37.3 Å². The topological polar surface area (TPSA) is 155 Å². The van der Waals surface area contributed by atoms with E-state index in [9.17, 15) is 18.3 Å². The maximum Gasteiger partial charge on any atom is 0.573 e. The van der Waals surface area contributed by atoms with Gasteiger partial charge in [0, 0.05) is 43.5 Å². The van der Waals surface area contributed by atoms with Crippen molar-refractivity contribution in [3.8, 4) is 22.8 Å². The first-order valence-corrected chi connectivity index (χ1v) is 10.3. The SMILES string of the molecule is COCc1c(N[C@H](C)CN)nnc2c1CCCOCc1cc(OC(F)(F)F)cc(O)c1-2.NC=O. The number of rotatable bonds is 6. The Balaban J connectivity index is 0.00000129. The second-order valence-electron chi connectivity index (χ2n) is 7.38. The van der Waals surface area contributed by atoms with Gasteiger partial charge in [0.2, 0.25) is 6.41 Å². The van der Waals surface area contributed by atoms with Gasteiger partial charge in [0.1, 0.15) is 17.2 Å². The van der Waals surface area contributed by atoms with Crippen molar-refractivity contribution >= 4 is 12.2 Å². The van der Waals surface area contributed by atoms with Gasteiger partial charge in [-0.15, -0.1) is 23.4 Å². The lowest BCUT2D eigenvalue weighted by atomic mass is 9.94. The summed E-state index contributed by atoms with van der Waals surface area (Å²) in [5.41, 5.74) is 12.3. The number of anilines is 1. The molecule has 0 unspecified atom stereocenters. The number of carbonyl (C=O) groups is 1. The number of alkyl halides is 3. The zero-order chi connectivity index (χ0) is 25.3. The van der Waals surface area contributed by atoms with Crippen LogP contribution in [0.3, 0.4) is 0 Å². The van der Waals surface area contributed by atoms with Gasteiger partial charge in [-0.3, -0.25) is 4.79 Å². The van der Waals surface area contributed by atoms with E-state index in [1.165, 1.54) is 6.07 Å². The largest absolute Gasteiger partial charge is 0.573 e. The fourth-order valence-electron chi connectivity index (χ4n) is 3.45. The molecule has 1 aromatic carbocycles. The van der Waals surface area contributed by atoms with Gasteiger partial charge in [0.05, 0.1) is 13.2 Å². The van der Waals surface area contributed by atoms with Crippen molar-refractivity contribution in [1.82, 2.24) is 10.2 Å². The summed E-state index contributed by atoms with van der Waals surface area (Å²) in [7, 11) is 1.55. The van der Waals surface area contributed by atoms with Crippen LogP contribution in [-0.2, 0) is 33.9 Å². The second kappa shape index (κ2) is 12.3. The molecule has 0 fully saturated rings. The van der Waals surface area contributed by atoms with Gasteiger partial charge in [-0.2, -0.15) is 0 Å². The van der Waals surface area contributed by atoms with E-state index in [0.717, 1.165) is 17.2 Å². The molecular weight excluding hydrogens is 459 g/mol. The number of fused-ring (bicyclic) bond motifs is 3. The van der Waals surface area contributed by atoms with Gasteiger partial charge >= 0.3 is 6.36 Å². The number of amides is 1. The van der Waals surface area contributed by atoms with Crippen molar-refractivity contribution in [2.45, 2.75) is 45.4 Å². The predicted octanol–water partition coefficient (Wildman–Crippen LogP) is 2.22. The smallest absolute Gasteiger partial charge is 0.507 e. The quantitative estimate of drug-likeness (QED) is 0.449. The molecule has 0 saturated carbocycles. The van der Waals surface area contributed by atoms with Crippen molar-refractivity contribution in [3.63, 3.8) is 0 Å². The average molecular weight is 487 g/mol. The summed E-state index contributed by atoms with van der Waals surface area (Å²) in [6.45, 7) is 2.87. The number of aromatic hydroxyl groups is 1. The molecule has 1 amide bonds. The van der Waals surface area contributed by atoms with E-state index in [1.807, 2.05) is 6.92 Å². The molecule has 0 aliphatic carbocycles. The number of nitrogens with two attached hydrogens (primary N) is 2. The Morgan fingerprint density at radius 2 is 2.06 bits per heavy atom. The Labute approximate surface area is 194 Å². The first kappa shape index (κ1) is 27.1. The molecule has 2 heterocycles. The van der Waals surface area contributed by atoms with Crippen LogP contribution < -0.4 is 21.5 Å². The third-order valence-electron chi connectivity index (χ3n) is 4.83. The van der Waals surface area contributed by atoms with Crippen LogP contribution in [0.4, 0.5) is 19.0 Å². The van der Waals surface area contributed by atoms with Crippen LogP contribution in [0.15, 0.2) is 12.1 Å². The lowest BCUT2D eigenvalue weighted by Crippen LogP contribution is -2.27. The Hall–Kier alpha value is -3.16. The fraction of sp³-hybridized carbons (Fsp3) is 0.476. The van der Waals surface area contributed by atoms with Crippen LogP contribution in [0.5, 0.6) is 11.5 Å². The molecule has 2 aromatic rings. The number of ether oxygens (including phenoxy) is 3. The molecule has 0 radical (unpaired) electrons.